The Bertz CT molecular complexity index is 523. The number of hydrogen-bond acceptors (Lipinski definition) is 3. The average molecular weight is 278 g/mol. The van der Waals surface area contributed by atoms with Gasteiger partial charge < -0.3 is 5.32 Å². The van der Waals surface area contributed by atoms with Gasteiger partial charge in [-0.1, -0.05) is 15.9 Å². The third-order valence-electron chi connectivity index (χ3n) is 2.98. The molecule has 1 saturated carbocycles. The van der Waals surface area contributed by atoms with Crippen LogP contribution in [-0.4, -0.2) is 16.0 Å². The van der Waals surface area contributed by atoms with E-state index in [9.17, 15) is 0 Å². The molecule has 82 valence electrons. The number of nitrogens with zero attached hydrogens (tertiary/aromatic N) is 2. The normalized spacial score (nSPS) is 16.1. The van der Waals surface area contributed by atoms with E-state index < -0.39 is 0 Å². The number of fused-ring (bicyclic) bond motifs is 1. The summed E-state index contributed by atoms with van der Waals surface area (Å²) >= 11 is 3.44. The zero-order valence-corrected chi connectivity index (χ0v) is 10.4. The standard InChI is InChI=1S/C12H12BrN3/c13-9-4-5-11-8(6-9)7-14-12(16-11)15-10-2-1-3-10/h4-7,10H,1-3H2,(H,14,15,16). The van der Waals surface area contributed by atoms with Gasteiger partial charge in [0.15, 0.2) is 0 Å². The summed E-state index contributed by atoms with van der Waals surface area (Å²) in [5, 5.41) is 4.41. The van der Waals surface area contributed by atoms with E-state index in [-0.39, 0.29) is 0 Å². The molecule has 0 aliphatic heterocycles. The molecule has 4 heteroatoms. The quantitative estimate of drug-likeness (QED) is 0.915. The van der Waals surface area contributed by atoms with Crippen LogP contribution in [0.4, 0.5) is 5.95 Å². The van der Waals surface area contributed by atoms with Gasteiger partial charge >= 0.3 is 0 Å². The van der Waals surface area contributed by atoms with E-state index in [0.29, 0.717) is 6.04 Å². The third kappa shape index (κ3) is 1.89. The molecule has 0 atom stereocenters. The molecule has 1 aromatic heterocycles. The van der Waals surface area contributed by atoms with Crippen molar-refractivity contribution in [2.24, 2.45) is 0 Å². The van der Waals surface area contributed by atoms with Gasteiger partial charge in [-0.05, 0) is 37.5 Å². The highest BCUT2D eigenvalue weighted by Gasteiger charge is 2.17. The van der Waals surface area contributed by atoms with Crippen LogP contribution in [0.25, 0.3) is 10.9 Å². The lowest BCUT2D eigenvalue weighted by atomic mass is 9.93. The van der Waals surface area contributed by atoms with Crippen LogP contribution in [-0.2, 0) is 0 Å². The predicted molar refractivity (Wildman–Crippen MR) is 68.5 cm³/mol. The summed E-state index contributed by atoms with van der Waals surface area (Å²) in [5.74, 6) is 0.750. The minimum absolute atomic E-state index is 0.577. The molecular weight excluding hydrogens is 266 g/mol. The number of aromatic nitrogens is 2. The Labute approximate surface area is 102 Å². The van der Waals surface area contributed by atoms with E-state index in [1.807, 2.05) is 24.4 Å². The van der Waals surface area contributed by atoms with Crippen LogP contribution in [0.3, 0.4) is 0 Å². The molecule has 3 rings (SSSR count). The van der Waals surface area contributed by atoms with Gasteiger partial charge in [-0.3, -0.25) is 0 Å². The maximum absolute atomic E-state index is 4.50. The van der Waals surface area contributed by atoms with Crippen LogP contribution in [0.5, 0.6) is 0 Å². The second-order valence-electron chi connectivity index (χ2n) is 4.17. The molecular formula is C12H12BrN3. The minimum Gasteiger partial charge on any atom is -0.351 e. The third-order valence-corrected chi connectivity index (χ3v) is 3.47. The number of halogens is 1. The van der Waals surface area contributed by atoms with Gasteiger partial charge in [0, 0.05) is 22.1 Å². The molecule has 0 saturated heterocycles. The topological polar surface area (TPSA) is 37.8 Å². The summed E-state index contributed by atoms with van der Waals surface area (Å²) in [6, 6.07) is 6.62. The summed E-state index contributed by atoms with van der Waals surface area (Å²) in [5.41, 5.74) is 0.986. The van der Waals surface area contributed by atoms with Gasteiger partial charge in [-0.2, -0.15) is 0 Å². The molecule has 1 N–H and O–H groups in total. The highest BCUT2D eigenvalue weighted by atomic mass is 79.9. The zero-order chi connectivity index (χ0) is 11.0. The summed E-state index contributed by atoms with van der Waals surface area (Å²) in [6.07, 6.45) is 5.66. The van der Waals surface area contributed by atoms with Crippen molar-refractivity contribution in [3.8, 4) is 0 Å². The molecule has 1 aromatic carbocycles. The molecule has 1 aliphatic rings. The second kappa shape index (κ2) is 4.01. The van der Waals surface area contributed by atoms with Crippen molar-refractivity contribution in [3.05, 3.63) is 28.9 Å². The Hall–Kier alpha value is -1.16. The van der Waals surface area contributed by atoms with Crippen molar-refractivity contribution in [1.82, 2.24) is 9.97 Å². The molecule has 0 bridgehead atoms. The lowest BCUT2D eigenvalue weighted by molar-refractivity contribution is 0.443. The van der Waals surface area contributed by atoms with Gasteiger partial charge in [-0.15, -0.1) is 0 Å². The first-order valence-corrected chi connectivity index (χ1v) is 6.29. The smallest absolute Gasteiger partial charge is 0.223 e. The summed E-state index contributed by atoms with van der Waals surface area (Å²) < 4.78 is 1.06. The van der Waals surface area contributed by atoms with Crippen LogP contribution in [0, 0.1) is 0 Å². The molecule has 0 spiro atoms. The van der Waals surface area contributed by atoms with Gasteiger partial charge in [0.2, 0.25) is 5.95 Å². The van der Waals surface area contributed by atoms with Crippen molar-refractivity contribution in [3.63, 3.8) is 0 Å². The van der Waals surface area contributed by atoms with Crippen molar-refractivity contribution in [2.75, 3.05) is 5.32 Å². The van der Waals surface area contributed by atoms with Crippen molar-refractivity contribution >= 4 is 32.8 Å². The lowest BCUT2D eigenvalue weighted by Crippen LogP contribution is -2.27. The number of anilines is 1. The van der Waals surface area contributed by atoms with Crippen molar-refractivity contribution < 1.29 is 0 Å². The molecule has 1 fully saturated rings. The molecule has 0 radical (unpaired) electrons. The predicted octanol–water partition coefficient (Wildman–Crippen LogP) is 3.36. The maximum Gasteiger partial charge on any atom is 0.223 e. The second-order valence-corrected chi connectivity index (χ2v) is 5.08. The van der Waals surface area contributed by atoms with Crippen LogP contribution in [0.15, 0.2) is 28.9 Å². The van der Waals surface area contributed by atoms with Gasteiger partial charge in [0.05, 0.1) is 5.52 Å². The number of hydrogen-bond donors (Lipinski definition) is 1. The van der Waals surface area contributed by atoms with E-state index in [2.05, 4.69) is 31.2 Å². The van der Waals surface area contributed by atoms with Gasteiger partial charge in [0.1, 0.15) is 0 Å². The van der Waals surface area contributed by atoms with Crippen LogP contribution in [0.1, 0.15) is 19.3 Å². The number of benzene rings is 1. The molecule has 16 heavy (non-hydrogen) atoms. The SMILES string of the molecule is Brc1ccc2nc(NC3CCC3)ncc2c1. The summed E-state index contributed by atoms with van der Waals surface area (Å²) in [7, 11) is 0. The fraction of sp³-hybridized carbons (Fsp3) is 0.333. The summed E-state index contributed by atoms with van der Waals surface area (Å²) in [6.45, 7) is 0. The molecule has 1 heterocycles. The zero-order valence-electron chi connectivity index (χ0n) is 8.78. The van der Waals surface area contributed by atoms with E-state index in [4.69, 9.17) is 0 Å². The van der Waals surface area contributed by atoms with Gasteiger partial charge in [-0.25, -0.2) is 9.97 Å². The minimum atomic E-state index is 0.577. The van der Waals surface area contributed by atoms with Crippen LogP contribution < -0.4 is 5.32 Å². The van der Waals surface area contributed by atoms with Crippen LogP contribution in [0.2, 0.25) is 0 Å². The van der Waals surface area contributed by atoms with E-state index >= 15 is 0 Å². The van der Waals surface area contributed by atoms with E-state index in [1.165, 1.54) is 19.3 Å². The molecule has 0 amide bonds. The fourth-order valence-electron chi connectivity index (χ4n) is 1.81. The Morgan fingerprint density at radius 1 is 1.31 bits per heavy atom. The molecule has 1 aliphatic carbocycles. The van der Waals surface area contributed by atoms with Crippen LogP contribution >= 0.6 is 15.9 Å². The largest absolute Gasteiger partial charge is 0.351 e. The first kappa shape index (κ1) is 10.0. The highest BCUT2D eigenvalue weighted by molar-refractivity contribution is 9.10. The Kier molecular flexibility index (Phi) is 2.52. The molecule has 2 aromatic rings. The first-order valence-electron chi connectivity index (χ1n) is 5.50. The maximum atomic E-state index is 4.50. The van der Waals surface area contributed by atoms with E-state index in [0.717, 1.165) is 21.3 Å². The average Bonchev–Trinajstić information content (AvgIpc) is 2.23. The number of nitrogens with one attached hydrogen (secondary N) is 1. The molecule has 0 unspecified atom stereocenters. The molecule has 3 nitrogen and oxygen atoms in total. The van der Waals surface area contributed by atoms with Crippen molar-refractivity contribution in [1.29, 1.82) is 0 Å². The van der Waals surface area contributed by atoms with Gasteiger partial charge in [0.25, 0.3) is 0 Å². The Morgan fingerprint density at radius 3 is 2.94 bits per heavy atom. The fourth-order valence-corrected chi connectivity index (χ4v) is 2.19. The monoisotopic (exact) mass is 277 g/mol. The Morgan fingerprint density at radius 2 is 2.19 bits per heavy atom. The highest BCUT2D eigenvalue weighted by Crippen LogP contribution is 2.23. The first-order chi connectivity index (χ1) is 7.81. The lowest BCUT2D eigenvalue weighted by Gasteiger charge is -2.26. The van der Waals surface area contributed by atoms with Crippen molar-refractivity contribution in [2.45, 2.75) is 25.3 Å². The Balaban J connectivity index is 1.92. The van der Waals surface area contributed by atoms with E-state index in [1.54, 1.807) is 0 Å². The number of rotatable bonds is 2. The summed E-state index contributed by atoms with van der Waals surface area (Å²) in [4.78, 5) is 8.82.